The van der Waals surface area contributed by atoms with Crippen LogP contribution < -0.4 is 30.7 Å². The largest absolute Gasteiger partial charge is 0.493 e. The fourth-order valence-corrected chi connectivity index (χ4v) is 2.29. The van der Waals surface area contributed by atoms with E-state index in [0.29, 0.717) is 22.7 Å². The molecule has 4 N–H and O–H groups in total. The number of carbonyl (C=O) groups is 1. The third-order valence-electron chi connectivity index (χ3n) is 3.32. The summed E-state index contributed by atoms with van der Waals surface area (Å²) in [6.07, 6.45) is 1.49. The monoisotopic (exact) mass is 406 g/mol. The molecule has 8 nitrogen and oxygen atoms in total. The quantitative estimate of drug-likeness (QED) is 0.350. The number of thiocarbonyl (C=S) groups is 1. The van der Waals surface area contributed by atoms with Crippen LogP contribution in [0.5, 0.6) is 17.2 Å². The van der Waals surface area contributed by atoms with E-state index in [1.807, 2.05) is 0 Å². The van der Waals surface area contributed by atoms with Crippen molar-refractivity contribution in [2.24, 2.45) is 10.8 Å². The first-order valence-electron chi connectivity index (χ1n) is 7.95. The fourth-order valence-electron chi connectivity index (χ4n) is 2.12. The van der Waals surface area contributed by atoms with Crippen LogP contribution in [0.2, 0.25) is 0 Å². The molecule has 0 radical (unpaired) electrons. The first-order valence-corrected chi connectivity index (χ1v) is 8.36. The molecule has 0 atom stereocenters. The number of ether oxygens (including phenoxy) is 3. The van der Waals surface area contributed by atoms with Gasteiger partial charge in [-0.05, 0) is 48.6 Å². The van der Waals surface area contributed by atoms with Crippen molar-refractivity contribution >= 4 is 35.1 Å². The number of hydrazone groups is 1. The summed E-state index contributed by atoms with van der Waals surface area (Å²) >= 11 is 5.12. The smallest absolute Gasteiger partial charge is 0.255 e. The predicted molar refractivity (Wildman–Crippen MR) is 108 cm³/mol. The normalized spacial score (nSPS) is 10.4. The van der Waals surface area contributed by atoms with Gasteiger partial charge in [0.2, 0.25) is 5.75 Å². The molecule has 0 aromatic heterocycles. The molecule has 2 aromatic carbocycles. The number of rotatable bonds is 8. The van der Waals surface area contributed by atoms with Crippen molar-refractivity contribution in [3.8, 4) is 17.2 Å². The van der Waals surface area contributed by atoms with Crippen molar-refractivity contribution in [1.82, 2.24) is 5.43 Å². The van der Waals surface area contributed by atoms with Gasteiger partial charge in [0.15, 0.2) is 23.2 Å². The van der Waals surface area contributed by atoms with Crippen molar-refractivity contribution in [2.75, 3.05) is 26.1 Å². The molecule has 0 unspecified atom stereocenters. The maximum atomic E-state index is 12.9. The molecule has 0 aliphatic heterocycles. The van der Waals surface area contributed by atoms with E-state index in [4.69, 9.17) is 32.2 Å². The Morgan fingerprint density at radius 3 is 2.36 bits per heavy atom. The van der Waals surface area contributed by atoms with E-state index in [2.05, 4.69) is 15.8 Å². The summed E-state index contributed by atoms with van der Waals surface area (Å²) in [5, 5.41) is 7.12. The standard InChI is InChI=1S/C18H19FN4O4S/c1-25-14-7-11(8-15(26-2)17(14)27-10-16(20)24)9-21-23-18(28)22-13-5-3-12(19)4-6-13/h3-9H,10H2,1-2H3,(H2,20,24)(H2,22,23,28)/b21-9-. The molecule has 0 aliphatic rings. The van der Waals surface area contributed by atoms with Crippen LogP contribution in [0, 0.1) is 5.82 Å². The molecule has 2 aromatic rings. The van der Waals surface area contributed by atoms with Gasteiger partial charge < -0.3 is 25.3 Å². The molecule has 0 saturated heterocycles. The van der Waals surface area contributed by atoms with Crippen LogP contribution in [-0.2, 0) is 4.79 Å². The zero-order valence-corrected chi connectivity index (χ0v) is 16.0. The van der Waals surface area contributed by atoms with E-state index >= 15 is 0 Å². The van der Waals surface area contributed by atoms with Crippen LogP contribution >= 0.6 is 12.2 Å². The molecule has 148 valence electrons. The van der Waals surface area contributed by atoms with E-state index < -0.39 is 5.91 Å². The number of hydrogen-bond donors (Lipinski definition) is 3. The van der Waals surface area contributed by atoms with Crippen molar-refractivity contribution in [1.29, 1.82) is 0 Å². The van der Waals surface area contributed by atoms with Crippen LogP contribution in [0.3, 0.4) is 0 Å². The molecule has 0 bridgehead atoms. The zero-order valence-electron chi connectivity index (χ0n) is 15.2. The molecule has 0 aliphatic carbocycles. The van der Waals surface area contributed by atoms with Gasteiger partial charge in [-0.3, -0.25) is 10.2 Å². The molecule has 0 saturated carbocycles. The van der Waals surface area contributed by atoms with Gasteiger partial charge in [0.25, 0.3) is 5.91 Å². The Balaban J connectivity index is 2.06. The number of nitrogens with two attached hydrogens (primary N) is 1. The third-order valence-corrected chi connectivity index (χ3v) is 3.52. The molecule has 1 amide bonds. The number of benzene rings is 2. The van der Waals surface area contributed by atoms with Crippen molar-refractivity contribution in [3.05, 3.63) is 47.8 Å². The highest BCUT2D eigenvalue weighted by Crippen LogP contribution is 2.38. The summed E-state index contributed by atoms with van der Waals surface area (Å²) in [4.78, 5) is 10.9. The average molecular weight is 406 g/mol. The number of carbonyl (C=O) groups excluding carboxylic acids is 1. The Labute approximate surface area is 166 Å². The predicted octanol–water partition coefficient (Wildman–Crippen LogP) is 2.03. The lowest BCUT2D eigenvalue weighted by atomic mass is 10.2. The number of anilines is 1. The summed E-state index contributed by atoms with van der Waals surface area (Å²) in [5.74, 6) is -0.0276. The minimum atomic E-state index is -0.624. The number of primary amides is 1. The van der Waals surface area contributed by atoms with Crippen molar-refractivity contribution in [3.63, 3.8) is 0 Å². The molecular formula is C18H19FN4O4S. The Kier molecular flexibility index (Phi) is 7.52. The molecule has 2 rings (SSSR count). The van der Waals surface area contributed by atoms with E-state index in [9.17, 15) is 9.18 Å². The van der Waals surface area contributed by atoms with E-state index in [1.54, 1.807) is 24.3 Å². The van der Waals surface area contributed by atoms with Gasteiger partial charge in [-0.1, -0.05) is 0 Å². The zero-order chi connectivity index (χ0) is 20.5. The summed E-state index contributed by atoms with van der Waals surface area (Å²) < 4.78 is 28.8. The third kappa shape index (κ3) is 6.09. The van der Waals surface area contributed by atoms with Gasteiger partial charge in [-0.2, -0.15) is 5.10 Å². The second-order valence-corrected chi connectivity index (χ2v) is 5.75. The molecule has 0 heterocycles. The highest BCUT2D eigenvalue weighted by atomic mass is 32.1. The minimum absolute atomic E-state index is 0.225. The molecule has 0 fully saturated rings. The number of amides is 1. The first-order chi connectivity index (χ1) is 13.4. The fraction of sp³-hybridized carbons (Fsp3) is 0.167. The van der Waals surface area contributed by atoms with Gasteiger partial charge >= 0.3 is 0 Å². The van der Waals surface area contributed by atoms with Crippen LogP contribution in [0.15, 0.2) is 41.5 Å². The van der Waals surface area contributed by atoms with Gasteiger partial charge in [0, 0.05) is 11.3 Å². The van der Waals surface area contributed by atoms with E-state index in [0.717, 1.165) is 0 Å². The van der Waals surface area contributed by atoms with Crippen molar-refractivity contribution in [2.45, 2.75) is 0 Å². The van der Waals surface area contributed by atoms with Gasteiger partial charge in [0.05, 0.1) is 20.4 Å². The molecule has 0 spiro atoms. The maximum Gasteiger partial charge on any atom is 0.255 e. The lowest BCUT2D eigenvalue weighted by Gasteiger charge is -2.14. The Morgan fingerprint density at radius 2 is 1.82 bits per heavy atom. The topological polar surface area (TPSA) is 107 Å². The maximum absolute atomic E-state index is 12.9. The average Bonchev–Trinajstić information content (AvgIpc) is 2.67. The number of halogens is 1. The number of methoxy groups -OCH3 is 2. The Bertz CT molecular complexity index is 849. The number of nitrogens with one attached hydrogen (secondary N) is 2. The molecular weight excluding hydrogens is 387 g/mol. The molecule has 10 heteroatoms. The number of nitrogens with zero attached hydrogens (tertiary/aromatic N) is 1. The van der Waals surface area contributed by atoms with Crippen LogP contribution in [0.1, 0.15) is 5.56 Å². The minimum Gasteiger partial charge on any atom is -0.493 e. The Morgan fingerprint density at radius 1 is 1.21 bits per heavy atom. The lowest BCUT2D eigenvalue weighted by molar-refractivity contribution is -0.120. The SMILES string of the molecule is COc1cc(/C=N\NC(=S)Nc2ccc(F)cc2)cc(OC)c1OCC(N)=O. The van der Waals surface area contributed by atoms with E-state index in [1.165, 1.54) is 32.6 Å². The second kappa shape index (κ2) is 10.1. The van der Waals surface area contributed by atoms with Crippen molar-refractivity contribution < 1.29 is 23.4 Å². The van der Waals surface area contributed by atoms with Gasteiger partial charge in [0.1, 0.15) is 5.82 Å². The second-order valence-electron chi connectivity index (χ2n) is 5.34. The summed E-state index contributed by atoms with van der Waals surface area (Å²) in [6.45, 7) is -0.314. The van der Waals surface area contributed by atoms with Crippen LogP contribution in [0.25, 0.3) is 0 Å². The highest BCUT2D eigenvalue weighted by molar-refractivity contribution is 7.80. The highest BCUT2D eigenvalue weighted by Gasteiger charge is 2.14. The molecule has 28 heavy (non-hydrogen) atoms. The van der Waals surface area contributed by atoms with Crippen LogP contribution in [-0.4, -0.2) is 38.1 Å². The summed E-state index contributed by atoms with van der Waals surface area (Å²) in [7, 11) is 2.90. The van der Waals surface area contributed by atoms with E-state index in [-0.39, 0.29) is 23.3 Å². The van der Waals surface area contributed by atoms with Gasteiger partial charge in [-0.25, -0.2) is 4.39 Å². The Hall–Kier alpha value is -3.40. The summed E-state index contributed by atoms with van der Waals surface area (Å²) in [5.41, 5.74) is 8.99. The van der Waals surface area contributed by atoms with Gasteiger partial charge in [-0.15, -0.1) is 0 Å². The summed E-state index contributed by atoms with van der Waals surface area (Å²) in [6, 6.07) is 9.01. The first kappa shape index (κ1) is 20.9. The van der Waals surface area contributed by atoms with Crippen LogP contribution in [0.4, 0.5) is 10.1 Å². The lowest BCUT2D eigenvalue weighted by Crippen LogP contribution is -2.23. The number of hydrogen-bond acceptors (Lipinski definition) is 6.